The summed E-state index contributed by atoms with van der Waals surface area (Å²) in [6.07, 6.45) is 1.84. The summed E-state index contributed by atoms with van der Waals surface area (Å²) >= 11 is 1.85. The van der Waals surface area contributed by atoms with Crippen LogP contribution in [0.3, 0.4) is 0 Å². The summed E-state index contributed by atoms with van der Waals surface area (Å²) < 4.78 is 8.86. The van der Waals surface area contributed by atoms with Gasteiger partial charge in [0.25, 0.3) is 0 Å². The zero-order valence-corrected chi connectivity index (χ0v) is 23.9. The highest BCUT2D eigenvalue weighted by Gasteiger charge is 2.20. The molecule has 3 aromatic heterocycles. The molecule has 3 heterocycles. The van der Waals surface area contributed by atoms with Crippen molar-refractivity contribution in [3.63, 3.8) is 0 Å². The summed E-state index contributed by atoms with van der Waals surface area (Å²) in [5, 5.41) is 5.85. The molecule has 0 radical (unpaired) electrons. The quantitative estimate of drug-likeness (QED) is 0.211. The number of pyridine rings is 1. The smallest absolute Gasteiger partial charge is 0.154 e. The van der Waals surface area contributed by atoms with Crippen molar-refractivity contribution < 1.29 is 4.42 Å². The van der Waals surface area contributed by atoms with E-state index in [1.165, 1.54) is 31.3 Å². The number of hydrogen-bond donors (Lipinski definition) is 0. The Morgan fingerprint density at radius 1 is 0.535 bits per heavy atom. The van der Waals surface area contributed by atoms with Crippen LogP contribution in [0.1, 0.15) is 0 Å². The Kier molecular flexibility index (Phi) is 5.37. The lowest BCUT2D eigenvalue weighted by Crippen LogP contribution is -2.10. The van der Waals surface area contributed by atoms with Crippen molar-refractivity contribution in [1.82, 2.24) is 4.98 Å². The second-order valence-corrected chi connectivity index (χ2v) is 11.8. The molecular weight excluding hydrogens is 545 g/mol. The van der Waals surface area contributed by atoms with Crippen LogP contribution < -0.4 is 4.90 Å². The Hall–Kier alpha value is -5.45. The van der Waals surface area contributed by atoms with Gasteiger partial charge in [0.15, 0.2) is 5.58 Å². The monoisotopic (exact) mass is 568 g/mol. The maximum absolute atomic E-state index is 6.30. The second-order valence-electron chi connectivity index (χ2n) is 10.8. The van der Waals surface area contributed by atoms with Gasteiger partial charge in [-0.05, 0) is 59.7 Å². The molecule has 6 aromatic carbocycles. The third kappa shape index (κ3) is 3.84. The molecule has 0 bridgehead atoms. The number of para-hydroxylation sites is 1. The largest absolute Gasteiger partial charge is 0.454 e. The molecule has 9 rings (SSSR count). The van der Waals surface area contributed by atoms with Crippen LogP contribution in [0.15, 0.2) is 150 Å². The van der Waals surface area contributed by atoms with Gasteiger partial charge in [0.2, 0.25) is 0 Å². The third-order valence-electron chi connectivity index (χ3n) is 8.31. The molecule has 0 N–H and O–H groups in total. The SMILES string of the molecule is c1ccc(-c2ccc(N(c3ccc4oc5cnc6ccccc6c5c4c3)c3cccc4c3sc3ccccc34)cc2)cc1. The van der Waals surface area contributed by atoms with Gasteiger partial charge in [-0.1, -0.05) is 91.0 Å². The fourth-order valence-electron chi connectivity index (χ4n) is 6.31. The van der Waals surface area contributed by atoms with Crippen molar-refractivity contribution in [2.24, 2.45) is 0 Å². The molecule has 0 amide bonds. The summed E-state index contributed by atoms with van der Waals surface area (Å²) in [6, 6.07) is 49.6. The lowest BCUT2D eigenvalue weighted by Gasteiger charge is -2.26. The van der Waals surface area contributed by atoms with E-state index in [0.717, 1.165) is 49.9 Å². The number of benzene rings is 6. The fourth-order valence-corrected chi connectivity index (χ4v) is 7.51. The highest BCUT2D eigenvalue weighted by atomic mass is 32.1. The van der Waals surface area contributed by atoms with Gasteiger partial charge in [-0.2, -0.15) is 0 Å². The van der Waals surface area contributed by atoms with Crippen LogP contribution in [0, 0.1) is 0 Å². The fraction of sp³-hybridized carbons (Fsp3) is 0. The number of aromatic nitrogens is 1. The van der Waals surface area contributed by atoms with E-state index in [4.69, 9.17) is 4.42 Å². The van der Waals surface area contributed by atoms with Gasteiger partial charge >= 0.3 is 0 Å². The highest BCUT2D eigenvalue weighted by molar-refractivity contribution is 7.26. The first kappa shape index (κ1) is 24.2. The maximum Gasteiger partial charge on any atom is 0.154 e. The number of rotatable bonds is 4. The number of anilines is 3. The van der Waals surface area contributed by atoms with Crippen LogP contribution in [0.25, 0.3) is 64.1 Å². The lowest BCUT2D eigenvalue weighted by molar-refractivity contribution is 0.667. The number of thiophene rings is 1. The van der Waals surface area contributed by atoms with E-state index in [1.807, 2.05) is 23.6 Å². The molecule has 0 fully saturated rings. The van der Waals surface area contributed by atoms with Crippen LogP contribution in [0.2, 0.25) is 0 Å². The van der Waals surface area contributed by atoms with E-state index in [9.17, 15) is 0 Å². The third-order valence-corrected chi connectivity index (χ3v) is 9.52. The Morgan fingerprint density at radius 3 is 2.14 bits per heavy atom. The van der Waals surface area contributed by atoms with Crippen LogP contribution in [-0.2, 0) is 0 Å². The number of nitrogens with zero attached hydrogens (tertiary/aromatic N) is 2. The molecule has 0 aliphatic rings. The van der Waals surface area contributed by atoms with Gasteiger partial charge in [-0.15, -0.1) is 11.3 Å². The molecule has 0 saturated heterocycles. The van der Waals surface area contributed by atoms with Gasteiger partial charge < -0.3 is 9.32 Å². The molecule has 0 atom stereocenters. The van der Waals surface area contributed by atoms with E-state index >= 15 is 0 Å². The Balaban J connectivity index is 1.30. The number of furan rings is 1. The summed E-state index contributed by atoms with van der Waals surface area (Å²) in [5.74, 6) is 0. The first-order valence-corrected chi connectivity index (χ1v) is 15.2. The minimum absolute atomic E-state index is 0.802. The summed E-state index contributed by atoms with van der Waals surface area (Å²) in [4.78, 5) is 7.03. The summed E-state index contributed by atoms with van der Waals surface area (Å²) in [7, 11) is 0. The molecule has 43 heavy (non-hydrogen) atoms. The van der Waals surface area contributed by atoms with Crippen molar-refractivity contribution in [2.75, 3.05) is 4.90 Å². The highest BCUT2D eigenvalue weighted by Crippen LogP contribution is 2.46. The first-order valence-electron chi connectivity index (χ1n) is 14.4. The molecule has 0 aliphatic carbocycles. The predicted octanol–water partition coefficient (Wildman–Crippen LogP) is 11.6. The van der Waals surface area contributed by atoms with Crippen molar-refractivity contribution in [1.29, 1.82) is 0 Å². The molecule has 9 aromatic rings. The van der Waals surface area contributed by atoms with Gasteiger partial charge in [0.1, 0.15) is 5.58 Å². The average molecular weight is 569 g/mol. The minimum atomic E-state index is 0.802. The van der Waals surface area contributed by atoms with E-state index in [-0.39, 0.29) is 0 Å². The Morgan fingerprint density at radius 2 is 1.26 bits per heavy atom. The molecular formula is C39H24N2OS. The summed E-state index contributed by atoms with van der Waals surface area (Å²) in [5.41, 5.74) is 8.36. The molecule has 0 aliphatic heterocycles. The van der Waals surface area contributed by atoms with Gasteiger partial charge in [-0.25, -0.2) is 0 Å². The van der Waals surface area contributed by atoms with E-state index < -0.39 is 0 Å². The van der Waals surface area contributed by atoms with Crippen LogP contribution in [0.5, 0.6) is 0 Å². The lowest BCUT2D eigenvalue weighted by atomic mass is 10.0. The van der Waals surface area contributed by atoms with E-state index in [2.05, 4.69) is 143 Å². The molecule has 0 unspecified atom stereocenters. The Labute approximate surface area is 251 Å². The van der Waals surface area contributed by atoms with Crippen molar-refractivity contribution in [3.05, 3.63) is 146 Å². The van der Waals surface area contributed by atoms with E-state index in [1.54, 1.807) is 0 Å². The maximum atomic E-state index is 6.30. The standard InChI is InChI=1S/C39H24N2OS/c1-2-9-25(10-3-1)26-17-19-27(20-18-26)41(34-15-8-13-30-29-11-5-7-16-37(29)43-39(30)34)28-21-22-35-32(23-28)38-31-12-4-6-14-33(31)40-24-36(38)42-35/h1-24H. The normalized spacial score (nSPS) is 11.7. The average Bonchev–Trinajstić information content (AvgIpc) is 3.65. The first-order chi connectivity index (χ1) is 21.3. The molecule has 3 nitrogen and oxygen atoms in total. The summed E-state index contributed by atoms with van der Waals surface area (Å²) in [6.45, 7) is 0. The van der Waals surface area contributed by atoms with E-state index in [0.29, 0.717) is 0 Å². The molecule has 4 heteroatoms. The van der Waals surface area contributed by atoms with Crippen LogP contribution in [-0.4, -0.2) is 4.98 Å². The van der Waals surface area contributed by atoms with Gasteiger partial charge in [-0.3, -0.25) is 4.98 Å². The topological polar surface area (TPSA) is 29.3 Å². The molecule has 0 spiro atoms. The van der Waals surface area contributed by atoms with Crippen LogP contribution >= 0.6 is 11.3 Å². The Bertz CT molecular complexity index is 2460. The van der Waals surface area contributed by atoms with Gasteiger partial charge in [0, 0.05) is 43.0 Å². The zero-order valence-electron chi connectivity index (χ0n) is 23.1. The number of hydrogen-bond acceptors (Lipinski definition) is 4. The van der Waals surface area contributed by atoms with Crippen LogP contribution in [0.4, 0.5) is 17.1 Å². The van der Waals surface area contributed by atoms with Crippen molar-refractivity contribution in [2.45, 2.75) is 0 Å². The zero-order chi connectivity index (χ0) is 28.3. The number of fused-ring (bicyclic) bond motifs is 8. The van der Waals surface area contributed by atoms with Crippen molar-refractivity contribution in [3.8, 4) is 11.1 Å². The molecule has 202 valence electrons. The molecule has 0 saturated carbocycles. The van der Waals surface area contributed by atoms with Crippen molar-refractivity contribution >= 4 is 81.4 Å². The minimum Gasteiger partial charge on any atom is -0.454 e. The van der Waals surface area contributed by atoms with Gasteiger partial charge in [0.05, 0.1) is 22.1 Å². The second kappa shape index (κ2) is 9.55. The predicted molar refractivity (Wildman–Crippen MR) is 182 cm³/mol.